The average Bonchev–Trinajstić information content (AvgIpc) is 3.00. The molecular weight excluding hydrogens is 250 g/mol. The molecule has 1 fully saturated rings. The Morgan fingerprint density at radius 3 is 2.72 bits per heavy atom. The minimum absolute atomic E-state index is 0.101. The summed E-state index contributed by atoms with van der Waals surface area (Å²) in [5.41, 5.74) is 1.13. The maximum atomic E-state index is 11.3. The number of hydrogen-bond donors (Lipinski definition) is 0. The van der Waals surface area contributed by atoms with Crippen LogP contribution in [0.1, 0.15) is 36.6 Å². The van der Waals surface area contributed by atoms with Gasteiger partial charge in [0.25, 0.3) is 0 Å². The van der Waals surface area contributed by atoms with Crippen molar-refractivity contribution >= 4 is 17.7 Å². The van der Waals surface area contributed by atoms with E-state index in [0.717, 1.165) is 41.7 Å². The molecule has 0 unspecified atom stereocenters. The largest absolute Gasteiger partial charge is 0.469 e. The molecule has 0 N–H and O–H groups in total. The second-order valence-electron chi connectivity index (χ2n) is 4.99. The van der Waals surface area contributed by atoms with Crippen LogP contribution in [0.4, 0.5) is 0 Å². The van der Waals surface area contributed by atoms with E-state index in [2.05, 4.69) is 4.98 Å². The lowest BCUT2D eigenvalue weighted by Crippen LogP contribution is -2.13. The highest BCUT2D eigenvalue weighted by Gasteiger charge is 2.44. The lowest BCUT2D eigenvalue weighted by atomic mass is 10.1. The molecule has 1 aliphatic carbocycles. The van der Waals surface area contributed by atoms with Gasteiger partial charge in [0.2, 0.25) is 5.89 Å². The van der Waals surface area contributed by atoms with E-state index < -0.39 is 0 Å². The molecule has 1 aliphatic rings. The molecule has 0 bridgehead atoms. The molecule has 0 atom stereocenters. The average molecular weight is 269 g/mol. The highest BCUT2D eigenvalue weighted by atomic mass is 32.2. The Kier molecular flexibility index (Phi) is 4.00. The van der Waals surface area contributed by atoms with Crippen LogP contribution in [0, 0.1) is 19.3 Å². The topological polar surface area (TPSA) is 52.3 Å². The number of ether oxygens (including phenoxy) is 1. The zero-order valence-electron chi connectivity index (χ0n) is 11.1. The lowest BCUT2D eigenvalue weighted by molar-refractivity contribution is -0.141. The maximum Gasteiger partial charge on any atom is 0.306 e. The Labute approximate surface area is 111 Å². The molecule has 0 amide bonds. The van der Waals surface area contributed by atoms with Gasteiger partial charge in [0.1, 0.15) is 5.76 Å². The van der Waals surface area contributed by atoms with Crippen LogP contribution < -0.4 is 0 Å². The Morgan fingerprint density at radius 2 is 2.22 bits per heavy atom. The van der Waals surface area contributed by atoms with Gasteiger partial charge in [0, 0.05) is 0 Å². The predicted octanol–water partition coefficient (Wildman–Crippen LogP) is 2.87. The molecule has 0 spiro atoms. The van der Waals surface area contributed by atoms with E-state index in [1.807, 2.05) is 13.8 Å². The summed E-state index contributed by atoms with van der Waals surface area (Å²) in [6.07, 6.45) is 2.79. The van der Waals surface area contributed by atoms with Crippen molar-refractivity contribution in [2.45, 2.75) is 38.9 Å². The van der Waals surface area contributed by atoms with Crippen molar-refractivity contribution < 1.29 is 13.9 Å². The molecule has 0 aliphatic heterocycles. The van der Waals surface area contributed by atoms with E-state index >= 15 is 0 Å². The van der Waals surface area contributed by atoms with Crippen molar-refractivity contribution in [2.24, 2.45) is 5.41 Å². The first-order valence-corrected chi connectivity index (χ1v) is 7.28. The molecule has 5 heteroatoms. The summed E-state index contributed by atoms with van der Waals surface area (Å²) >= 11 is 1.79. The minimum atomic E-state index is -0.101. The SMILES string of the molecule is COC(=O)CC1(CSCc2nc(C)c(C)o2)CC1. The molecular formula is C13H19NO3S. The van der Waals surface area contributed by atoms with Gasteiger partial charge >= 0.3 is 5.97 Å². The fourth-order valence-electron chi connectivity index (χ4n) is 1.88. The van der Waals surface area contributed by atoms with Gasteiger partial charge in [-0.05, 0) is 37.9 Å². The van der Waals surface area contributed by atoms with Crippen molar-refractivity contribution in [1.82, 2.24) is 4.98 Å². The van der Waals surface area contributed by atoms with Crippen LogP contribution in [0.2, 0.25) is 0 Å². The molecule has 1 heterocycles. The van der Waals surface area contributed by atoms with Gasteiger partial charge in [-0.3, -0.25) is 4.79 Å². The zero-order chi connectivity index (χ0) is 13.2. The molecule has 0 aromatic carbocycles. The fraction of sp³-hybridized carbons (Fsp3) is 0.692. The number of hydrogen-bond acceptors (Lipinski definition) is 5. The van der Waals surface area contributed by atoms with E-state index in [-0.39, 0.29) is 11.4 Å². The smallest absolute Gasteiger partial charge is 0.306 e. The Bertz CT molecular complexity index is 418. The Hall–Kier alpha value is -0.970. The van der Waals surface area contributed by atoms with Crippen LogP contribution >= 0.6 is 11.8 Å². The van der Waals surface area contributed by atoms with Gasteiger partial charge in [0.05, 0.1) is 25.0 Å². The number of methoxy groups -OCH3 is 1. The Morgan fingerprint density at radius 1 is 1.50 bits per heavy atom. The number of aromatic nitrogens is 1. The first-order chi connectivity index (χ1) is 8.54. The van der Waals surface area contributed by atoms with Gasteiger partial charge in [0.15, 0.2) is 0 Å². The van der Waals surface area contributed by atoms with Crippen molar-refractivity contribution in [3.8, 4) is 0 Å². The third kappa shape index (κ3) is 3.28. The van der Waals surface area contributed by atoms with Gasteiger partial charge in [-0.1, -0.05) is 0 Å². The van der Waals surface area contributed by atoms with E-state index in [9.17, 15) is 4.79 Å². The molecule has 1 aromatic heterocycles. The number of oxazole rings is 1. The summed E-state index contributed by atoms with van der Waals surface area (Å²) in [4.78, 5) is 15.6. The van der Waals surface area contributed by atoms with Crippen molar-refractivity contribution in [3.05, 3.63) is 17.3 Å². The molecule has 2 rings (SSSR count). The second-order valence-corrected chi connectivity index (χ2v) is 5.98. The van der Waals surface area contributed by atoms with Gasteiger partial charge in [-0.2, -0.15) is 11.8 Å². The van der Waals surface area contributed by atoms with Gasteiger partial charge < -0.3 is 9.15 Å². The number of esters is 1. The van der Waals surface area contributed by atoms with Crippen LogP contribution in [0.25, 0.3) is 0 Å². The summed E-state index contributed by atoms with van der Waals surface area (Å²) in [6.45, 7) is 3.88. The number of thioether (sulfide) groups is 1. The van der Waals surface area contributed by atoms with Gasteiger partial charge in [-0.25, -0.2) is 4.98 Å². The quantitative estimate of drug-likeness (QED) is 0.743. The molecule has 1 aromatic rings. The van der Waals surface area contributed by atoms with Gasteiger partial charge in [-0.15, -0.1) is 0 Å². The number of nitrogens with zero attached hydrogens (tertiary/aromatic N) is 1. The summed E-state index contributed by atoms with van der Waals surface area (Å²) in [5, 5.41) is 0. The lowest BCUT2D eigenvalue weighted by Gasteiger charge is -2.11. The second kappa shape index (κ2) is 5.34. The van der Waals surface area contributed by atoms with E-state index in [1.165, 1.54) is 7.11 Å². The molecule has 0 radical (unpaired) electrons. The molecule has 1 saturated carbocycles. The van der Waals surface area contributed by atoms with E-state index in [1.54, 1.807) is 11.8 Å². The summed E-state index contributed by atoms with van der Waals surface area (Å²) in [7, 11) is 1.45. The first-order valence-electron chi connectivity index (χ1n) is 6.12. The molecule has 100 valence electrons. The molecule has 18 heavy (non-hydrogen) atoms. The van der Waals surface area contributed by atoms with Crippen molar-refractivity contribution in [1.29, 1.82) is 0 Å². The van der Waals surface area contributed by atoms with Crippen LogP contribution in [0.15, 0.2) is 4.42 Å². The van der Waals surface area contributed by atoms with E-state index in [4.69, 9.17) is 9.15 Å². The third-order valence-corrected chi connectivity index (χ3v) is 4.68. The first kappa shape index (κ1) is 13.5. The summed E-state index contributed by atoms with van der Waals surface area (Å²) < 4.78 is 10.3. The molecule has 0 saturated heterocycles. The number of rotatable bonds is 6. The third-order valence-electron chi connectivity index (χ3n) is 3.41. The highest BCUT2D eigenvalue weighted by molar-refractivity contribution is 7.98. The Balaban J connectivity index is 1.77. The van der Waals surface area contributed by atoms with Crippen molar-refractivity contribution in [3.63, 3.8) is 0 Å². The zero-order valence-corrected chi connectivity index (χ0v) is 11.9. The maximum absolute atomic E-state index is 11.3. The number of aryl methyl sites for hydroxylation is 2. The summed E-state index contributed by atoms with van der Waals surface area (Å²) in [5.74, 6) is 3.32. The minimum Gasteiger partial charge on any atom is -0.469 e. The van der Waals surface area contributed by atoms with E-state index in [0.29, 0.717) is 6.42 Å². The predicted molar refractivity (Wildman–Crippen MR) is 70.4 cm³/mol. The summed E-state index contributed by atoms with van der Waals surface area (Å²) in [6, 6.07) is 0. The normalized spacial score (nSPS) is 16.6. The van der Waals surface area contributed by atoms with Crippen LogP contribution in [0.5, 0.6) is 0 Å². The number of carbonyl (C=O) groups excluding carboxylic acids is 1. The highest BCUT2D eigenvalue weighted by Crippen LogP contribution is 2.51. The van der Waals surface area contributed by atoms with Crippen LogP contribution in [-0.4, -0.2) is 23.8 Å². The standard InChI is InChI=1S/C13H19NO3S/c1-9-10(2)17-11(14-9)7-18-8-13(4-5-13)6-12(15)16-3/h4-8H2,1-3H3. The molecule has 4 nitrogen and oxygen atoms in total. The monoisotopic (exact) mass is 269 g/mol. The van der Waals surface area contributed by atoms with Crippen LogP contribution in [-0.2, 0) is 15.3 Å². The van der Waals surface area contributed by atoms with Crippen molar-refractivity contribution in [2.75, 3.05) is 12.9 Å². The fourth-order valence-corrected chi connectivity index (χ4v) is 3.11. The van der Waals surface area contributed by atoms with Crippen LogP contribution in [0.3, 0.4) is 0 Å². The number of carbonyl (C=O) groups is 1.